The van der Waals surface area contributed by atoms with E-state index in [4.69, 9.17) is 14.5 Å². The Balaban J connectivity index is 1.58. The van der Waals surface area contributed by atoms with Gasteiger partial charge in [-0.1, -0.05) is 25.0 Å². The van der Waals surface area contributed by atoms with Crippen molar-refractivity contribution in [3.05, 3.63) is 75.2 Å². The molecule has 0 spiro atoms. The molecule has 4 rings (SSSR count). The van der Waals surface area contributed by atoms with Gasteiger partial charge in [-0.05, 0) is 106 Å². The fraction of sp³-hybridized carbons (Fsp3) is 0.387. The van der Waals surface area contributed by atoms with Crippen LogP contribution in [0, 0.1) is 13.8 Å². The second-order valence-electron chi connectivity index (χ2n) is 9.71. The number of ether oxygens (including phenoxy) is 2. The normalized spacial score (nSPS) is 14.3. The van der Waals surface area contributed by atoms with E-state index in [2.05, 4.69) is 11.4 Å². The zero-order valence-corrected chi connectivity index (χ0v) is 23.5. The number of nitrogens with zero attached hydrogens (tertiary/aromatic N) is 1. The Morgan fingerprint density at radius 1 is 1.05 bits per heavy atom. The number of benzene rings is 2. The lowest BCUT2D eigenvalue weighted by molar-refractivity contribution is -0.150. The van der Waals surface area contributed by atoms with E-state index in [-0.39, 0.29) is 5.91 Å². The Hall–Kier alpha value is -3.45. The van der Waals surface area contributed by atoms with Gasteiger partial charge in [-0.15, -0.1) is 11.3 Å². The van der Waals surface area contributed by atoms with Gasteiger partial charge in [0.1, 0.15) is 10.8 Å². The number of anilines is 1. The summed E-state index contributed by atoms with van der Waals surface area (Å²) in [6, 6.07) is 13.5. The summed E-state index contributed by atoms with van der Waals surface area (Å²) in [6.07, 6.45) is 7.64. The molecule has 6 nitrogen and oxygen atoms in total. The van der Waals surface area contributed by atoms with Crippen LogP contribution >= 0.6 is 11.3 Å². The molecule has 1 amide bonds. The average Bonchev–Trinajstić information content (AvgIpc) is 3.22. The number of fused-ring (bicyclic) bond motifs is 1. The molecule has 1 atom stereocenters. The standard InChI is InChI=1S/C31H36N2O4S/c1-5-36-31(35)22(4)37-24-16-14-23(15-17-24)19-32-30-28(25-10-8-6-7-9-11-27(25)38-30)29(34)33-26-18-20(2)12-13-21(26)3/h12-19,22H,5-11H2,1-4H3,(H,33,34)/t22-/m1/s1. The summed E-state index contributed by atoms with van der Waals surface area (Å²) in [4.78, 5) is 31.6. The number of hydrogen-bond donors (Lipinski definition) is 1. The molecular formula is C31H36N2O4S. The molecule has 2 aromatic carbocycles. The fourth-order valence-electron chi connectivity index (χ4n) is 4.56. The minimum atomic E-state index is -0.682. The predicted octanol–water partition coefficient (Wildman–Crippen LogP) is 7.36. The number of aryl methyl sites for hydroxylation is 3. The molecule has 1 aromatic heterocycles. The first-order valence-corrected chi connectivity index (χ1v) is 14.2. The van der Waals surface area contributed by atoms with Gasteiger partial charge in [-0.25, -0.2) is 9.79 Å². The number of esters is 1. The van der Waals surface area contributed by atoms with Crippen molar-refractivity contribution in [3.63, 3.8) is 0 Å². The lowest BCUT2D eigenvalue weighted by Crippen LogP contribution is -2.26. The van der Waals surface area contributed by atoms with Gasteiger partial charge >= 0.3 is 5.97 Å². The lowest BCUT2D eigenvalue weighted by atomic mass is 9.96. The van der Waals surface area contributed by atoms with Crippen molar-refractivity contribution in [3.8, 4) is 5.75 Å². The second kappa shape index (κ2) is 12.9. The average molecular weight is 533 g/mol. The molecule has 0 bridgehead atoms. The van der Waals surface area contributed by atoms with Crippen molar-refractivity contribution in [2.75, 3.05) is 11.9 Å². The number of hydrogen-bond acceptors (Lipinski definition) is 6. The van der Waals surface area contributed by atoms with E-state index in [0.717, 1.165) is 58.6 Å². The summed E-state index contributed by atoms with van der Waals surface area (Å²) in [6.45, 7) is 7.79. The van der Waals surface area contributed by atoms with E-state index in [9.17, 15) is 9.59 Å². The Kier molecular flexibility index (Phi) is 9.34. The minimum Gasteiger partial charge on any atom is -0.479 e. The van der Waals surface area contributed by atoms with E-state index in [0.29, 0.717) is 17.9 Å². The first-order valence-electron chi connectivity index (χ1n) is 13.4. The molecule has 7 heteroatoms. The Morgan fingerprint density at radius 3 is 2.53 bits per heavy atom. The Labute approximate surface area is 229 Å². The Morgan fingerprint density at radius 2 is 1.79 bits per heavy atom. The first kappa shape index (κ1) is 27.6. The zero-order valence-electron chi connectivity index (χ0n) is 22.6. The van der Waals surface area contributed by atoms with E-state index in [1.54, 1.807) is 43.5 Å². The van der Waals surface area contributed by atoms with Gasteiger partial charge in [0.05, 0.1) is 12.2 Å². The van der Waals surface area contributed by atoms with Gasteiger partial charge in [-0.3, -0.25) is 4.79 Å². The van der Waals surface area contributed by atoms with Crippen LogP contribution in [0.3, 0.4) is 0 Å². The van der Waals surface area contributed by atoms with Gasteiger partial charge in [0, 0.05) is 16.8 Å². The van der Waals surface area contributed by atoms with Crippen LogP contribution in [0.15, 0.2) is 47.5 Å². The molecule has 0 saturated heterocycles. The van der Waals surface area contributed by atoms with Crippen LogP contribution in [0.5, 0.6) is 5.75 Å². The van der Waals surface area contributed by atoms with Crippen LogP contribution in [0.1, 0.15) is 77.0 Å². The highest BCUT2D eigenvalue weighted by molar-refractivity contribution is 7.16. The third kappa shape index (κ3) is 6.90. The summed E-state index contributed by atoms with van der Waals surface area (Å²) in [5.74, 6) is 0.0917. The van der Waals surface area contributed by atoms with Crippen LogP contribution in [0.2, 0.25) is 0 Å². The first-order chi connectivity index (χ1) is 18.4. The van der Waals surface area contributed by atoms with Gasteiger partial charge in [0.15, 0.2) is 6.10 Å². The maximum atomic E-state index is 13.7. The quantitative estimate of drug-likeness (QED) is 0.243. The molecule has 0 unspecified atom stereocenters. The number of amides is 1. The predicted molar refractivity (Wildman–Crippen MR) is 154 cm³/mol. The highest BCUT2D eigenvalue weighted by Crippen LogP contribution is 2.39. The maximum Gasteiger partial charge on any atom is 0.347 e. The molecular weight excluding hydrogens is 496 g/mol. The van der Waals surface area contributed by atoms with Crippen molar-refractivity contribution in [1.29, 1.82) is 0 Å². The van der Waals surface area contributed by atoms with E-state index in [1.165, 1.54) is 17.7 Å². The topological polar surface area (TPSA) is 77.0 Å². The molecule has 0 aliphatic heterocycles. The van der Waals surface area contributed by atoms with Crippen LogP contribution in [0.4, 0.5) is 10.7 Å². The third-order valence-corrected chi connectivity index (χ3v) is 7.86. The molecule has 0 saturated carbocycles. The number of thiophene rings is 1. The smallest absolute Gasteiger partial charge is 0.347 e. The van der Waals surface area contributed by atoms with Crippen LogP contribution in [0.25, 0.3) is 0 Å². The highest BCUT2D eigenvalue weighted by Gasteiger charge is 2.24. The van der Waals surface area contributed by atoms with Crippen molar-refractivity contribution in [2.45, 2.75) is 72.3 Å². The zero-order chi connectivity index (χ0) is 27.1. The minimum absolute atomic E-state index is 0.0966. The summed E-state index contributed by atoms with van der Waals surface area (Å²) in [5.41, 5.74) is 5.71. The molecule has 1 N–H and O–H groups in total. The monoisotopic (exact) mass is 532 g/mol. The third-order valence-electron chi connectivity index (χ3n) is 6.66. The van der Waals surface area contributed by atoms with E-state index >= 15 is 0 Å². The number of aliphatic imine (C=N–C) groups is 1. The van der Waals surface area contributed by atoms with Gasteiger partial charge in [0.2, 0.25) is 0 Å². The molecule has 0 radical (unpaired) electrons. The highest BCUT2D eigenvalue weighted by atomic mass is 32.1. The van der Waals surface area contributed by atoms with Crippen LogP contribution < -0.4 is 10.1 Å². The number of rotatable bonds is 8. The van der Waals surface area contributed by atoms with Crippen molar-refractivity contribution in [2.24, 2.45) is 4.99 Å². The molecule has 1 heterocycles. The summed E-state index contributed by atoms with van der Waals surface area (Å²) >= 11 is 1.63. The number of carbonyl (C=O) groups is 2. The van der Waals surface area contributed by atoms with Crippen molar-refractivity contribution >= 4 is 40.1 Å². The largest absolute Gasteiger partial charge is 0.479 e. The fourth-order valence-corrected chi connectivity index (χ4v) is 5.79. The number of carbonyl (C=O) groups excluding carboxylic acids is 2. The van der Waals surface area contributed by atoms with Crippen molar-refractivity contribution in [1.82, 2.24) is 0 Å². The second-order valence-corrected chi connectivity index (χ2v) is 10.8. The van der Waals surface area contributed by atoms with E-state index < -0.39 is 12.1 Å². The summed E-state index contributed by atoms with van der Waals surface area (Å²) < 4.78 is 10.7. The van der Waals surface area contributed by atoms with Gasteiger partial charge in [-0.2, -0.15) is 0 Å². The van der Waals surface area contributed by atoms with E-state index in [1.807, 2.05) is 38.1 Å². The van der Waals surface area contributed by atoms with Crippen LogP contribution in [-0.4, -0.2) is 30.8 Å². The molecule has 3 aromatic rings. The SMILES string of the molecule is CCOC(=O)[C@@H](C)Oc1ccc(C=Nc2sc3c(c2C(=O)Nc2cc(C)ccc2C)CCCCCC3)cc1. The summed E-state index contributed by atoms with van der Waals surface area (Å²) in [7, 11) is 0. The van der Waals surface area contributed by atoms with Crippen molar-refractivity contribution < 1.29 is 19.1 Å². The van der Waals surface area contributed by atoms with Gasteiger partial charge in [0.25, 0.3) is 5.91 Å². The van der Waals surface area contributed by atoms with Crippen LogP contribution in [-0.2, 0) is 22.4 Å². The maximum absolute atomic E-state index is 13.7. The van der Waals surface area contributed by atoms with Gasteiger partial charge < -0.3 is 14.8 Å². The molecule has 38 heavy (non-hydrogen) atoms. The Bertz CT molecular complexity index is 1310. The lowest BCUT2D eigenvalue weighted by Gasteiger charge is -2.13. The molecule has 1 aliphatic carbocycles. The molecule has 1 aliphatic rings. The number of nitrogens with one attached hydrogen (secondary N) is 1. The summed E-state index contributed by atoms with van der Waals surface area (Å²) in [5, 5.41) is 3.91. The molecule has 200 valence electrons. The molecule has 0 fully saturated rings.